The van der Waals surface area contributed by atoms with Crippen molar-refractivity contribution in [2.45, 2.75) is 6.92 Å². The van der Waals surface area contributed by atoms with Crippen LogP contribution in [0.5, 0.6) is 0 Å². The summed E-state index contributed by atoms with van der Waals surface area (Å²) in [4.78, 5) is 16.0. The van der Waals surface area contributed by atoms with Crippen LogP contribution in [0.2, 0.25) is 0 Å². The molecule has 3 rings (SSSR count). The molecule has 118 valence electrons. The van der Waals surface area contributed by atoms with E-state index in [9.17, 15) is 4.79 Å². The van der Waals surface area contributed by atoms with E-state index in [1.165, 1.54) is 6.20 Å². The molecule has 0 fully saturated rings. The van der Waals surface area contributed by atoms with Gasteiger partial charge in [0, 0.05) is 31.7 Å². The molecule has 0 aromatic carbocycles. The normalized spacial score (nSPS) is 10.5. The monoisotopic (exact) mass is 312 g/mol. The number of ether oxygens (including phenoxy) is 1. The van der Waals surface area contributed by atoms with Gasteiger partial charge in [-0.3, -0.25) is 4.68 Å². The first kappa shape index (κ1) is 14.8. The number of hydrogen-bond donors (Lipinski definition) is 1. The van der Waals surface area contributed by atoms with E-state index in [-0.39, 0.29) is 5.97 Å². The molecule has 0 aliphatic carbocycles. The zero-order valence-electron chi connectivity index (χ0n) is 12.8. The first-order valence-electron chi connectivity index (χ1n) is 7.09. The lowest BCUT2D eigenvalue weighted by Gasteiger charge is -2.05. The van der Waals surface area contributed by atoms with Crippen molar-refractivity contribution in [1.29, 1.82) is 0 Å². The van der Waals surface area contributed by atoms with Crippen molar-refractivity contribution in [3.8, 4) is 5.69 Å². The molecule has 0 aliphatic heterocycles. The summed E-state index contributed by atoms with van der Waals surface area (Å²) < 4.78 is 8.26. The number of pyridine rings is 1. The lowest BCUT2D eigenvalue weighted by atomic mass is 10.3. The van der Waals surface area contributed by atoms with Gasteiger partial charge >= 0.3 is 5.97 Å². The molecule has 3 aromatic rings. The molecule has 0 radical (unpaired) electrons. The molecular weight excluding hydrogens is 296 g/mol. The van der Waals surface area contributed by atoms with Crippen LogP contribution in [-0.2, 0) is 11.8 Å². The maximum Gasteiger partial charge on any atom is 0.341 e. The molecule has 3 heterocycles. The molecule has 0 spiro atoms. The Labute approximate surface area is 132 Å². The number of nitrogens with zero attached hydrogens (tertiary/aromatic N) is 5. The van der Waals surface area contributed by atoms with Crippen LogP contribution in [0, 0.1) is 0 Å². The lowest BCUT2D eigenvalue weighted by Crippen LogP contribution is -2.03. The van der Waals surface area contributed by atoms with Crippen LogP contribution in [0.15, 0.2) is 43.1 Å². The van der Waals surface area contributed by atoms with E-state index in [4.69, 9.17) is 4.74 Å². The second-order valence-corrected chi connectivity index (χ2v) is 4.82. The second kappa shape index (κ2) is 6.30. The van der Waals surface area contributed by atoms with Crippen molar-refractivity contribution in [2.75, 3.05) is 11.9 Å². The number of esters is 1. The molecule has 0 atom stereocenters. The first-order chi connectivity index (χ1) is 11.2. The SMILES string of the molecule is CCOC(=O)c1cnn(-c2ccnc(Nc3cnn(C)c3)c2)c1. The summed E-state index contributed by atoms with van der Waals surface area (Å²) in [7, 11) is 1.84. The predicted octanol–water partition coefficient (Wildman–Crippen LogP) is 1.92. The number of nitrogens with one attached hydrogen (secondary N) is 1. The topological polar surface area (TPSA) is 86.9 Å². The molecule has 1 N–H and O–H groups in total. The number of aryl methyl sites for hydroxylation is 1. The highest BCUT2D eigenvalue weighted by Gasteiger charge is 2.10. The van der Waals surface area contributed by atoms with Gasteiger partial charge in [-0.05, 0) is 13.0 Å². The molecule has 8 nitrogen and oxygen atoms in total. The Bertz CT molecular complexity index is 823. The number of anilines is 2. The molecule has 0 unspecified atom stereocenters. The molecule has 0 saturated heterocycles. The Morgan fingerprint density at radius 1 is 1.30 bits per heavy atom. The molecule has 3 aromatic heterocycles. The summed E-state index contributed by atoms with van der Waals surface area (Å²) in [6, 6.07) is 3.63. The Kier molecular flexibility index (Phi) is 4.05. The lowest BCUT2D eigenvalue weighted by molar-refractivity contribution is 0.0526. The van der Waals surface area contributed by atoms with E-state index in [1.54, 1.807) is 40.9 Å². The highest BCUT2D eigenvalue weighted by Crippen LogP contribution is 2.16. The summed E-state index contributed by atoms with van der Waals surface area (Å²) in [5.74, 6) is 0.269. The van der Waals surface area contributed by atoms with Crippen LogP contribution in [0.3, 0.4) is 0 Å². The molecule has 23 heavy (non-hydrogen) atoms. The third-order valence-electron chi connectivity index (χ3n) is 3.08. The predicted molar refractivity (Wildman–Crippen MR) is 83.8 cm³/mol. The number of carbonyl (C=O) groups is 1. The molecular formula is C15H16N6O2. The van der Waals surface area contributed by atoms with Crippen molar-refractivity contribution in [2.24, 2.45) is 7.05 Å². The number of rotatable bonds is 5. The maximum absolute atomic E-state index is 11.7. The number of hydrogen-bond acceptors (Lipinski definition) is 6. The number of aromatic nitrogens is 5. The van der Waals surface area contributed by atoms with Crippen LogP contribution >= 0.6 is 0 Å². The minimum atomic E-state index is -0.387. The molecule has 0 bridgehead atoms. The van der Waals surface area contributed by atoms with E-state index in [0.29, 0.717) is 18.0 Å². The molecule has 8 heteroatoms. The summed E-state index contributed by atoms with van der Waals surface area (Å²) in [5.41, 5.74) is 2.03. The van der Waals surface area contributed by atoms with Gasteiger partial charge in [-0.1, -0.05) is 0 Å². The highest BCUT2D eigenvalue weighted by atomic mass is 16.5. The van der Waals surface area contributed by atoms with Gasteiger partial charge in [0.25, 0.3) is 0 Å². The van der Waals surface area contributed by atoms with Crippen molar-refractivity contribution >= 4 is 17.5 Å². The fourth-order valence-corrected chi connectivity index (χ4v) is 2.05. The Morgan fingerprint density at radius 3 is 2.91 bits per heavy atom. The van der Waals surface area contributed by atoms with Crippen LogP contribution in [0.25, 0.3) is 5.69 Å². The third kappa shape index (κ3) is 3.37. The van der Waals surface area contributed by atoms with E-state index in [0.717, 1.165) is 11.4 Å². The minimum Gasteiger partial charge on any atom is -0.462 e. The zero-order valence-corrected chi connectivity index (χ0v) is 12.8. The Balaban J connectivity index is 1.81. The summed E-state index contributed by atoms with van der Waals surface area (Å²) >= 11 is 0. The Morgan fingerprint density at radius 2 is 2.17 bits per heavy atom. The van der Waals surface area contributed by atoms with E-state index in [1.807, 2.05) is 19.3 Å². The second-order valence-electron chi connectivity index (χ2n) is 4.82. The van der Waals surface area contributed by atoms with Gasteiger partial charge in [-0.25, -0.2) is 14.5 Å². The van der Waals surface area contributed by atoms with Gasteiger partial charge < -0.3 is 10.1 Å². The van der Waals surface area contributed by atoms with Crippen molar-refractivity contribution in [3.05, 3.63) is 48.7 Å². The van der Waals surface area contributed by atoms with Gasteiger partial charge in [0.15, 0.2) is 0 Å². The van der Waals surface area contributed by atoms with Gasteiger partial charge in [-0.15, -0.1) is 0 Å². The van der Waals surface area contributed by atoms with Crippen LogP contribution in [0.4, 0.5) is 11.5 Å². The third-order valence-corrected chi connectivity index (χ3v) is 3.08. The van der Waals surface area contributed by atoms with E-state index >= 15 is 0 Å². The molecule has 0 aliphatic rings. The van der Waals surface area contributed by atoms with Crippen LogP contribution in [0.1, 0.15) is 17.3 Å². The average Bonchev–Trinajstić information content (AvgIpc) is 3.17. The summed E-state index contributed by atoms with van der Waals surface area (Å²) in [6.07, 6.45) is 8.33. The minimum absolute atomic E-state index is 0.332. The average molecular weight is 312 g/mol. The van der Waals surface area contributed by atoms with Crippen molar-refractivity contribution < 1.29 is 9.53 Å². The van der Waals surface area contributed by atoms with Gasteiger partial charge in [0.1, 0.15) is 5.82 Å². The summed E-state index contributed by atoms with van der Waals surface area (Å²) in [6.45, 7) is 2.10. The quantitative estimate of drug-likeness (QED) is 0.724. The maximum atomic E-state index is 11.7. The summed E-state index contributed by atoms with van der Waals surface area (Å²) in [5, 5.41) is 11.4. The molecule has 0 saturated carbocycles. The van der Waals surface area contributed by atoms with Gasteiger partial charge in [0.2, 0.25) is 0 Å². The zero-order chi connectivity index (χ0) is 16.2. The fourth-order valence-electron chi connectivity index (χ4n) is 2.05. The highest BCUT2D eigenvalue weighted by molar-refractivity contribution is 5.88. The van der Waals surface area contributed by atoms with Gasteiger partial charge in [0.05, 0.1) is 35.9 Å². The van der Waals surface area contributed by atoms with Gasteiger partial charge in [-0.2, -0.15) is 10.2 Å². The Hall–Kier alpha value is -3.16. The first-order valence-corrected chi connectivity index (χ1v) is 7.09. The fraction of sp³-hybridized carbons (Fsp3) is 0.200. The van der Waals surface area contributed by atoms with E-state index in [2.05, 4.69) is 20.5 Å². The number of carbonyl (C=O) groups excluding carboxylic acids is 1. The van der Waals surface area contributed by atoms with Crippen molar-refractivity contribution in [3.63, 3.8) is 0 Å². The molecule has 0 amide bonds. The standard InChI is InChI=1S/C15H16N6O2/c1-3-23-15(22)11-7-18-21(9-11)13-4-5-16-14(6-13)19-12-8-17-20(2)10-12/h4-10H,3H2,1-2H3,(H,16,19). The van der Waals surface area contributed by atoms with Crippen LogP contribution < -0.4 is 5.32 Å². The largest absolute Gasteiger partial charge is 0.462 e. The van der Waals surface area contributed by atoms with Crippen molar-refractivity contribution in [1.82, 2.24) is 24.5 Å². The van der Waals surface area contributed by atoms with E-state index < -0.39 is 0 Å². The smallest absolute Gasteiger partial charge is 0.341 e. The van der Waals surface area contributed by atoms with Crippen LogP contribution in [-0.4, -0.2) is 37.1 Å².